The third-order valence-electron chi connectivity index (χ3n) is 4.80. The molecule has 0 saturated heterocycles. The summed E-state index contributed by atoms with van der Waals surface area (Å²) in [6.45, 7) is 1.63. The van der Waals surface area contributed by atoms with Gasteiger partial charge in [-0.15, -0.1) is 0 Å². The second-order valence-corrected chi connectivity index (χ2v) is 7.89. The molecule has 33 heavy (non-hydrogen) atoms. The smallest absolute Gasteiger partial charge is 0.255 e. The van der Waals surface area contributed by atoms with E-state index in [1.165, 1.54) is 25.1 Å². The van der Waals surface area contributed by atoms with E-state index in [-0.39, 0.29) is 30.3 Å². The minimum atomic E-state index is -0.490. The summed E-state index contributed by atoms with van der Waals surface area (Å²) in [6, 6.07) is 18.8. The Bertz CT molecular complexity index is 1150. The molecule has 3 amide bonds. The van der Waals surface area contributed by atoms with E-state index in [0.717, 1.165) is 17.2 Å². The van der Waals surface area contributed by atoms with Crippen LogP contribution in [0.15, 0.2) is 72.8 Å². The zero-order valence-corrected chi connectivity index (χ0v) is 18.7. The molecule has 3 aromatic carbocycles. The van der Waals surface area contributed by atoms with Gasteiger partial charge in [0.05, 0.1) is 12.5 Å². The number of rotatable bonds is 8. The van der Waals surface area contributed by atoms with Crippen LogP contribution in [0.1, 0.15) is 40.9 Å². The van der Waals surface area contributed by atoms with Crippen LogP contribution >= 0.6 is 11.6 Å². The molecule has 3 rings (SSSR count). The lowest BCUT2D eigenvalue weighted by molar-refractivity contribution is -0.122. The summed E-state index contributed by atoms with van der Waals surface area (Å²) in [7, 11) is 0. The Balaban J connectivity index is 1.59. The van der Waals surface area contributed by atoms with Crippen LogP contribution in [0.3, 0.4) is 0 Å². The summed E-state index contributed by atoms with van der Waals surface area (Å²) in [5.74, 6) is -1.42. The molecule has 0 bridgehead atoms. The van der Waals surface area contributed by atoms with Crippen LogP contribution in [0, 0.1) is 5.82 Å². The van der Waals surface area contributed by atoms with Gasteiger partial charge in [0.25, 0.3) is 5.91 Å². The Morgan fingerprint density at radius 1 is 0.970 bits per heavy atom. The molecule has 0 radical (unpaired) electrons. The van der Waals surface area contributed by atoms with Gasteiger partial charge in [-0.05, 0) is 53.6 Å². The fourth-order valence-corrected chi connectivity index (χ4v) is 3.37. The largest absolute Gasteiger partial charge is 0.352 e. The number of amides is 3. The van der Waals surface area contributed by atoms with Gasteiger partial charge in [-0.1, -0.05) is 41.9 Å². The Kier molecular flexibility index (Phi) is 8.16. The summed E-state index contributed by atoms with van der Waals surface area (Å²) < 4.78 is 13.3. The van der Waals surface area contributed by atoms with E-state index in [0.29, 0.717) is 10.7 Å². The molecular weight excluding hydrogens is 445 g/mol. The quantitative estimate of drug-likeness (QED) is 0.452. The number of hydrogen-bond acceptors (Lipinski definition) is 3. The summed E-state index contributed by atoms with van der Waals surface area (Å²) >= 11 is 5.92. The van der Waals surface area contributed by atoms with Gasteiger partial charge in [0.2, 0.25) is 11.8 Å². The number of anilines is 1. The molecule has 0 aliphatic carbocycles. The first-order valence-corrected chi connectivity index (χ1v) is 10.6. The fraction of sp³-hybridized carbons (Fsp3) is 0.160. The highest BCUT2D eigenvalue weighted by molar-refractivity contribution is 6.30. The van der Waals surface area contributed by atoms with Crippen LogP contribution < -0.4 is 16.0 Å². The fourth-order valence-electron chi connectivity index (χ4n) is 3.24. The number of hydrogen-bond donors (Lipinski definition) is 3. The van der Waals surface area contributed by atoms with Crippen molar-refractivity contribution in [2.24, 2.45) is 0 Å². The van der Waals surface area contributed by atoms with E-state index in [1.807, 2.05) is 6.07 Å². The lowest BCUT2D eigenvalue weighted by Crippen LogP contribution is -2.32. The Morgan fingerprint density at radius 2 is 1.70 bits per heavy atom. The van der Waals surface area contributed by atoms with Crippen molar-refractivity contribution < 1.29 is 18.8 Å². The highest BCUT2D eigenvalue weighted by Crippen LogP contribution is 2.20. The van der Waals surface area contributed by atoms with Crippen molar-refractivity contribution in [1.29, 1.82) is 0 Å². The van der Waals surface area contributed by atoms with Crippen molar-refractivity contribution in [3.05, 3.63) is 100 Å². The van der Waals surface area contributed by atoms with Crippen molar-refractivity contribution in [2.75, 3.05) is 5.32 Å². The van der Waals surface area contributed by atoms with E-state index in [9.17, 15) is 18.8 Å². The van der Waals surface area contributed by atoms with Crippen molar-refractivity contribution in [3.63, 3.8) is 0 Å². The average Bonchev–Trinajstić information content (AvgIpc) is 2.78. The summed E-state index contributed by atoms with van der Waals surface area (Å²) in [5.41, 5.74) is 2.27. The van der Waals surface area contributed by atoms with Crippen LogP contribution in [-0.4, -0.2) is 17.7 Å². The van der Waals surface area contributed by atoms with Crippen LogP contribution in [0.25, 0.3) is 0 Å². The Hall–Kier alpha value is -3.71. The molecule has 0 aromatic heterocycles. The second kappa shape index (κ2) is 11.2. The molecule has 170 valence electrons. The molecule has 0 heterocycles. The van der Waals surface area contributed by atoms with Gasteiger partial charge >= 0.3 is 0 Å². The van der Waals surface area contributed by atoms with Gasteiger partial charge < -0.3 is 16.0 Å². The lowest BCUT2D eigenvalue weighted by Gasteiger charge is -2.18. The zero-order valence-electron chi connectivity index (χ0n) is 17.9. The molecule has 8 heteroatoms. The topological polar surface area (TPSA) is 87.3 Å². The number of benzene rings is 3. The van der Waals surface area contributed by atoms with Gasteiger partial charge in [0.15, 0.2) is 0 Å². The van der Waals surface area contributed by atoms with Gasteiger partial charge in [-0.25, -0.2) is 4.39 Å². The van der Waals surface area contributed by atoms with Crippen molar-refractivity contribution in [2.45, 2.75) is 25.9 Å². The van der Waals surface area contributed by atoms with Crippen LogP contribution in [0.2, 0.25) is 5.02 Å². The van der Waals surface area contributed by atoms with E-state index in [4.69, 9.17) is 11.6 Å². The molecule has 0 spiro atoms. The predicted octanol–water partition coefficient (Wildman–Crippen LogP) is 4.62. The molecule has 0 aliphatic rings. The summed E-state index contributed by atoms with van der Waals surface area (Å²) in [6.07, 6.45) is 0.0528. The van der Waals surface area contributed by atoms with Gasteiger partial charge in [-0.3, -0.25) is 14.4 Å². The minimum absolute atomic E-state index is 0.0528. The third-order valence-corrected chi connectivity index (χ3v) is 5.05. The number of carbonyl (C=O) groups excluding carboxylic acids is 3. The van der Waals surface area contributed by atoms with E-state index in [2.05, 4.69) is 16.0 Å². The van der Waals surface area contributed by atoms with Crippen LogP contribution in [0.4, 0.5) is 10.1 Å². The first-order chi connectivity index (χ1) is 15.8. The number of carbonyl (C=O) groups is 3. The SMILES string of the molecule is CC(=O)NC(CC(=O)NCc1cccc(NC(=O)c2cccc(F)c2)c1)c1ccc(Cl)cc1. The molecule has 1 atom stereocenters. The Morgan fingerprint density at radius 3 is 2.39 bits per heavy atom. The molecule has 3 aromatic rings. The van der Waals surface area contributed by atoms with Gasteiger partial charge in [0, 0.05) is 29.7 Å². The highest BCUT2D eigenvalue weighted by atomic mass is 35.5. The average molecular weight is 468 g/mol. The summed E-state index contributed by atoms with van der Waals surface area (Å²) in [4.78, 5) is 36.4. The molecule has 3 N–H and O–H groups in total. The second-order valence-electron chi connectivity index (χ2n) is 7.45. The highest BCUT2D eigenvalue weighted by Gasteiger charge is 2.17. The van der Waals surface area contributed by atoms with Crippen LogP contribution in [-0.2, 0) is 16.1 Å². The molecule has 6 nitrogen and oxygen atoms in total. The Labute approximate surface area is 196 Å². The lowest BCUT2D eigenvalue weighted by atomic mass is 10.0. The van der Waals surface area contributed by atoms with E-state index < -0.39 is 17.8 Å². The molecule has 1 unspecified atom stereocenters. The number of halogens is 2. The molecule has 0 aliphatic heterocycles. The number of nitrogens with one attached hydrogen (secondary N) is 3. The maximum atomic E-state index is 13.3. The standard InChI is InChI=1S/C25H23ClFN3O3/c1-16(31)29-23(18-8-10-20(26)11-9-18)14-24(32)28-15-17-4-2-7-22(12-17)30-25(33)19-5-3-6-21(27)13-19/h2-13,23H,14-15H2,1H3,(H,28,32)(H,29,31)(H,30,33). The molecule has 0 fully saturated rings. The maximum Gasteiger partial charge on any atom is 0.255 e. The zero-order chi connectivity index (χ0) is 23.8. The van der Waals surface area contributed by atoms with Gasteiger partial charge in [-0.2, -0.15) is 0 Å². The predicted molar refractivity (Wildman–Crippen MR) is 125 cm³/mol. The van der Waals surface area contributed by atoms with Crippen molar-refractivity contribution in [1.82, 2.24) is 10.6 Å². The van der Waals surface area contributed by atoms with Crippen molar-refractivity contribution >= 4 is 35.0 Å². The molecule has 0 saturated carbocycles. The monoisotopic (exact) mass is 467 g/mol. The normalized spacial score (nSPS) is 11.4. The summed E-state index contributed by atoms with van der Waals surface area (Å²) in [5, 5.41) is 8.88. The van der Waals surface area contributed by atoms with Crippen molar-refractivity contribution in [3.8, 4) is 0 Å². The minimum Gasteiger partial charge on any atom is -0.352 e. The van der Waals surface area contributed by atoms with E-state index >= 15 is 0 Å². The first kappa shape index (κ1) is 23.9. The maximum absolute atomic E-state index is 13.3. The molecular formula is C25H23ClFN3O3. The third kappa shape index (κ3) is 7.43. The van der Waals surface area contributed by atoms with Gasteiger partial charge in [0.1, 0.15) is 5.82 Å². The first-order valence-electron chi connectivity index (χ1n) is 10.3. The van der Waals surface area contributed by atoms with Crippen LogP contribution in [0.5, 0.6) is 0 Å². The van der Waals surface area contributed by atoms with E-state index in [1.54, 1.807) is 42.5 Å².